The Bertz CT molecular complexity index is 335. The first-order valence-electron chi connectivity index (χ1n) is 4.41. The van der Waals surface area contributed by atoms with Crippen LogP contribution in [0.5, 0.6) is 0 Å². The van der Waals surface area contributed by atoms with Crippen LogP contribution in [0, 0.1) is 0 Å². The van der Waals surface area contributed by atoms with E-state index in [1.165, 1.54) is 0 Å². The first-order valence-corrected chi connectivity index (χ1v) is 4.41. The highest BCUT2D eigenvalue weighted by molar-refractivity contribution is 5.72. The molecule has 1 heterocycles. The number of fused-ring (bicyclic) bond motifs is 1. The van der Waals surface area contributed by atoms with E-state index in [-0.39, 0.29) is 0 Å². The van der Waals surface area contributed by atoms with Crippen molar-refractivity contribution in [1.82, 2.24) is 0 Å². The van der Waals surface area contributed by atoms with E-state index in [4.69, 9.17) is 0 Å². The number of carboxylic acid groups (broad SMARTS) is 1. The number of hydrogen-bond donors (Lipinski definition) is 1. The van der Waals surface area contributed by atoms with Gasteiger partial charge in [-0.25, -0.2) is 0 Å². The van der Waals surface area contributed by atoms with Gasteiger partial charge in [0.15, 0.2) is 6.04 Å². The molecule has 0 amide bonds. The van der Waals surface area contributed by atoms with E-state index in [0.29, 0.717) is 0 Å². The van der Waals surface area contributed by atoms with Crippen molar-refractivity contribution in [3.63, 3.8) is 0 Å². The fraction of sp³-hybridized carbons (Fsp3) is 0.300. The van der Waals surface area contributed by atoms with Gasteiger partial charge in [-0.05, 0) is 5.56 Å². The van der Waals surface area contributed by atoms with Crippen molar-refractivity contribution in [3.05, 3.63) is 35.4 Å². The van der Waals surface area contributed by atoms with Gasteiger partial charge in [-0.3, -0.25) is 0 Å². The minimum Gasteiger partial charge on any atom is -0.544 e. The number of rotatable bonds is 1. The van der Waals surface area contributed by atoms with E-state index in [2.05, 4.69) is 0 Å². The Morgan fingerprint density at radius 3 is 3.00 bits per heavy atom. The summed E-state index contributed by atoms with van der Waals surface area (Å²) in [6, 6.07) is 7.15. The highest BCUT2D eigenvalue weighted by Crippen LogP contribution is 2.17. The van der Waals surface area contributed by atoms with Gasteiger partial charge in [-0.2, -0.15) is 0 Å². The molecule has 0 radical (unpaired) electrons. The third-order valence-electron chi connectivity index (χ3n) is 2.46. The third kappa shape index (κ3) is 1.42. The molecule has 1 aromatic carbocycles. The average Bonchev–Trinajstić information content (AvgIpc) is 2.17. The molecule has 2 rings (SSSR count). The van der Waals surface area contributed by atoms with Crippen LogP contribution in [-0.2, 0) is 11.2 Å². The quantitative estimate of drug-likeness (QED) is 0.573. The van der Waals surface area contributed by atoms with Crippen LogP contribution in [-0.4, -0.2) is 12.5 Å². The van der Waals surface area contributed by atoms with Crippen LogP contribution in [0.1, 0.15) is 17.2 Å². The van der Waals surface area contributed by atoms with Gasteiger partial charge in [0.25, 0.3) is 0 Å². The van der Waals surface area contributed by atoms with E-state index in [0.717, 1.165) is 24.1 Å². The van der Waals surface area contributed by atoms with Gasteiger partial charge in [0.05, 0.1) is 6.54 Å². The molecule has 0 unspecified atom stereocenters. The highest BCUT2D eigenvalue weighted by Gasteiger charge is 2.23. The average molecular weight is 177 g/mol. The molecule has 68 valence electrons. The molecule has 3 heteroatoms. The second kappa shape index (κ2) is 3.18. The maximum atomic E-state index is 10.8. The summed E-state index contributed by atoms with van der Waals surface area (Å²) >= 11 is 0. The smallest absolute Gasteiger partial charge is 0.152 e. The number of nitrogens with two attached hydrogens (primary N) is 1. The Kier molecular flexibility index (Phi) is 2.02. The van der Waals surface area contributed by atoms with Gasteiger partial charge in [0.1, 0.15) is 5.97 Å². The molecule has 1 atom stereocenters. The summed E-state index contributed by atoms with van der Waals surface area (Å²) in [5.41, 5.74) is 2.04. The van der Waals surface area contributed by atoms with Gasteiger partial charge >= 0.3 is 0 Å². The first-order chi connectivity index (χ1) is 6.29. The standard InChI is InChI=1S/C10H11NO2/c12-10(13)9-8-4-2-1-3-7(8)5-6-11-9/h1-4,9,11H,5-6H2,(H,12,13)/t9-/m1/s1. The minimum absolute atomic E-state index is 0.509. The summed E-state index contributed by atoms with van der Waals surface area (Å²) in [5.74, 6) is -0.993. The molecule has 0 bridgehead atoms. The highest BCUT2D eigenvalue weighted by atomic mass is 16.4. The van der Waals surface area contributed by atoms with Crippen molar-refractivity contribution in [1.29, 1.82) is 0 Å². The molecule has 0 spiro atoms. The molecule has 1 aromatic rings. The first kappa shape index (κ1) is 8.26. The number of hydrogen-bond acceptors (Lipinski definition) is 2. The lowest BCUT2D eigenvalue weighted by molar-refractivity contribution is -0.692. The zero-order valence-corrected chi connectivity index (χ0v) is 7.19. The van der Waals surface area contributed by atoms with E-state index >= 15 is 0 Å². The molecule has 1 aliphatic rings. The van der Waals surface area contributed by atoms with E-state index in [1.54, 1.807) is 0 Å². The Labute approximate surface area is 76.4 Å². The lowest BCUT2D eigenvalue weighted by atomic mass is 9.95. The Balaban J connectivity index is 2.42. The minimum atomic E-state index is -0.993. The van der Waals surface area contributed by atoms with Crippen molar-refractivity contribution < 1.29 is 15.2 Å². The molecule has 0 saturated heterocycles. The van der Waals surface area contributed by atoms with E-state index < -0.39 is 12.0 Å². The zero-order valence-electron chi connectivity index (χ0n) is 7.19. The van der Waals surface area contributed by atoms with Gasteiger partial charge < -0.3 is 15.2 Å². The van der Waals surface area contributed by atoms with E-state index in [9.17, 15) is 9.90 Å². The van der Waals surface area contributed by atoms with Gasteiger partial charge in [0.2, 0.25) is 0 Å². The van der Waals surface area contributed by atoms with Crippen LogP contribution in [0.25, 0.3) is 0 Å². The zero-order chi connectivity index (χ0) is 9.26. The number of aliphatic carboxylic acids is 1. The lowest BCUT2D eigenvalue weighted by Gasteiger charge is -2.24. The molecule has 13 heavy (non-hydrogen) atoms. The summed E-state index contributed by atoms with van der Waals surface area (Å²) in [5, 5.41) is 12.6. The normalized spacial score (nSPS) is 20.8. The largest absolute Gasteiger partial charge is 0.544 e. The van der Waals surface area contributed by atoms with Crippen molar-refractivity contribution in [2.45, 2.75) is 12.5 Å². The van der Waals surface area contributed by atoms with Crippen molar-refractivity contribution in [3.8, 4) is 0 Å². The Hall–Kier alpha value is -1.35. The SMILES string of the molecule is O=C([O-])[C@@H]1[NH2+]CCc2ccccc21. The molecule has 0 aliphatic carbocycles. The van der Waals surface area contributed by atoms with Crippen LogP contribution in [0.15, 0.2) is 24.3 Å². The van der Waals surface area contributed by atoms with Crippen molar-refractivity contribution >= 4 is 5.97 Å². The fourth-order valence-corrected chi connectivity index (χ4v) is 1.82. The summed E-state index contributed by atoms with van der Waals surface area (Å²) in [7, 11) is 0. The second-order valence-electron chi connectivity index (χ2n) is 3.27. The van der Waals surface area contributed by atoms with Crippen LogP contribution >= 0.6 is 0 Å². The molecule has 1 aliphatic heterocycles. The van der Waals surface area contributed by atoms with Crippen LogP contribution < -0.4 is 10.4 Å². The maximum Gasteiger partial charge on any atom is 0.152 e. The molecule has 3 nitrogen and oxygen atoms in total. The predicted octanol–water partition coefficient (Wildman–Crippen LogP) is -1.40. The van der Waals surface area contributed by atoms with Crippen molar-refractivity contribution in [2.24, 2.45) is 0 Å². The molecule has 2 N–H and O–H groups in total. The van der Waals surface area contributed by atoms with Gasteiger partial charge in [-0.15, -0.1) is 0 Å². The maximum absolute atomic E-state index is 10.8. The number of carboxylic acids is 1. The van der Waals surface area contributed by atoms with E-state index in [1.807, 2.05) is 29.6 Å². The topological polar surface area (TPSA) is 56.7 Å². The summed E-state index contributed by atoms with van der Waals surface area (Å²) in [6.07, 6.45) is 0.944. The number of benzene rings is 1. The molecule has 0 fully saturated rings. The molecular weight excluding hydrogens is 166 g/mol. The predicted molar refractivity (Wildman–Crippen MR) is 44.7 cm³/mol. The van der Waals surface area contributed by atoms with Crippen LogP contribution in [0.2, 0.25) is 0 Å². The van der Waals surface area contributed by atoms with Crippen LogP contribution in [0.3, 0.4) is 0 Å². The number of carbonyl (C=O) groups is 1. The Morgan fingerprint density at radius 1 is 1.46 bits per heavy atom. The molecule has 0 aromatic heterocycles. The monoisotopic (exact) mass is 177 g/mol. The van der Waals surface area contributed by atoms with Gasteiger partial charge in [0, 0.05) is 12.0 Å². The van der Waals surface area contributed by atoms with Crippen LogP contribution in [0.4, 0.5) is 0 Å². The van der Waals surface area contributed by atoms with Crippen molar-refractivity contribution in [2.75, 3.05) is 6.54 Å². The Morgan fingerprint density at radius 2 is 2.23 bits per heavy atom. The summed E-state index contributed by atoms with van der Waals surface area (Å²) in [4.78, 5) is 10.8. The fourth-order valence-electron chi connectivity index (χ4n) is 1.82. The summed E-state index contributed by atoms with van der Waals surface area (Å²) < 4.78 is 0. The number of quaternary nitrogens is 1. The lowest BCUT2D eigenvalue weighted by Crippen LogP contribution is -2.89. The number of carbonyl (C=O) groups excluding carboxylic acids is 1. The summed E-state index contributed by atoms with van der Waals surface area (Å²) in [6.45, 7) is 0.829. The molecule has 0 saturated carbocycles. The molecular formula is C10H11NO2. The third-order valence-corrected chi connectivity index (χ3v) is 2.46. The second-order valence-corrected chi connectivity index (χ2v) is 3.27. The van der Waals surface area contributed by atoms with Gasteiger partial charge in [-0.1, -0.05) is 24.3 Å².